The van der Waals surface area contributed by atoms with E-state index in [1.165, 1.54) is 12.8 Å². The highest BCUT2D eigenvalue weighted by atomic mass is 35.5. The van der Waals surface area contributed by atoms with Crippen molar-refractivity contribution in [1.29, 1.82) is 0 Å². The van der Waals surface area contributed by atoms with Crippen molar-refractivity contribution in [1.82, 2.24) is 0 Å². The minimum atomic E-state index is 0.239. The quantitative estimate of drug-likeness (QED) is 0.567. The van der Waals surface area contributed by atoms with Crippen LogP contribution in [0.3, 0.4) is 0 Å². The summed E-state index contributed by atoms with van der Waals surface area (Å²) in [5, 5.41) is 0.239. The minimum Gasteiger partial charge on any atom is -0.378 e. The van der Waals surface area contributed by atoms with Gasteiger partial charge in [-0.3, -0.25) is 0 Å². The third kappa shape index (κ3) is 1.86. The van der Waals surface area contributed by atoms with E-state index in [0.717, 1.165) is 6.61 Å². The topological polar surface area (TPSA) is 9.23 Å². The van der Waals surface area contributed by atoms with Crippen LogP contribution in [0.15, 0.2) is 0 Å². The van der Waals surface area contributed by atoms with Gasteiger partial charge in [-0.05, 0) is 25.7 Å². The molecule has 0 aromatic carbocycles. The maximum atomic E-state index is 5.93. The second kappa shape index (κ2) is 3.59. The molecule has 1 aliphatic rings. The number of hydrogen-bond donors (Lipinski definition) is 0. The Bertz CT molecular complexity index is 97.4. The summed E-state index contributed by atoms with van der Waals surface area (Å²) in [6.45, 7) is 5.13. The van der Waals surface area contributed by atoms with E-state index in [2.05, 4.69) is 6.92 Å². The molecule has 60 valence electrons. The number of halogens is 1. The van der Waals surface area contributed by atoms with Crippen LogP contribution in [0.4, 0.5) is 0 Å². The molecular formula is C8H15ClO. The molecule has 1 nitrogen and oxygen atoms in total. The summed E-state index contributed by atoms with van der Waals surface area (Å²) < 4.78 is 5.49. The van der Waals surface area contributed by atoms with E-state index in [0.29, 0.717) is 12.0 Å². The highest BCUT2D eigenvalue weighted by molar-refractivity contribution is 6.20. The van der Waals surface area contributed by atoms with Crippen molar-refractivity contribution in [3.63, 3.8) is 0 Å². The van der Waals surface area contributed by atoms with Gasteiger partial charge in [-0.2, -0.15) is 0 Å². The van der Waals surface area contributed by atoms with Crippen LogP contribution >= 0.6 is 11.6 Å². The van der Waals surface area contributed by atoms with Crippen LogP contribution in [0.5, 0.6) is 0 Å². The van der Waals surface area contributed by atoms with E-state index < -0.39 is 0 Å². The molecule has 0 radical (unpaired) electrons. The highest BCUT2D eigenvalue weighted by Crippen LogP contribution is 2.24. The zero-order valence-corrected chi connectivity index (χ0v) is 7.40. The van der Waals surface area contributed by atoms with Gasteiger partial charge in [-0.25, -0.2) is 0 Å². The fraction of sp³-hybridized carbons (Fsp3) is 1.00. The van der Waals surface area contributed by atoms with Crippen molar-refractivity contribution in [2.45, 2.75) is 38.2 Å². The maximum Gasteiger partial charge on any atom is 0.0615 e. The van der Waals surface area contributed by atoms with Crippen molar-refractivity contribution in [2.24, 2.45) is 5.92 Å². The summed E-state index contributed by atoms with van der Waals surface area (Å²) in [4.78, 5) is 0. The highest BCUT2D eigenvalue weighted by Gasteiger charge is 2.25. The smallest absolute Gasteiger partial charge is 0.0615 e. The van der Waals surface area contributed by atoms with Crippen molar-refractivity contribution < 1.29 is 4.74 Å². The van der Waals surface area contributed by atoms with E-state index in [4.69, 9.17) is 16.3 Å². The zero-order valence-electron chi connectivity index (χ0n) is 6.64. The summed E-state index contributed by atoms with van der Waals surface area (Å²) in [5.74, 6) is 0.504. The van der Waals surface area contributed by atoms with Crippen molar-refractivity contribution in [3.05, 3.63) is 0 Å². The second-order valence-electron chi connectivity index (χ2n) is 3.09. The average Bonchev–Trinajstić information content (AvgIpc) is 2.36. The van der Waals surface area contributed by atoms with E-state index >= 15 is 0 Å². The summed E-state index contributed by atoms with van der Waals surface area (Å²) in [6.07, 6.45) is 2.82. The molecular weight excluding hydrogens is 148 g/mol. The monoisotopic (exact) mass is 162 g/mol. The molecule has 3 unspecified atom stereocenters. The van der Waals surface area contributed by atoms with Crippen LogP contribution in [-0.4, -0.2) is 18.1 Å². The first-order valence-electron chi connectivity index (χ1n) is 3.97. The lowest BCUT2D eigenvalue weighted by atomic mass is 9.99. The molecule has 1 fully saturated rings. The largest absolute Gasteiger partial charge is 0.378 e. The van der Waals surface area contributed by atoms with Gasteiger partial charge in [0.2, 0.25) is 0 Å². The molecule has 10 heavy (non-hydrogen) atoms. The minimum absolute atomic E-state index is 0.239. The summed E-state index contributed by atoms with van der Waals surface area (Å²) >= 11 is 5.93. The Labute approximate surface area is 67.7 Å². The van der Waals surface area contributed by atoms with Gasteiger partial charge in [-0.15, -0.1) is 11.6 Å². The van der Waals surface area contributed by atoms with Gasteiger partial charge in [0.05, 0.1) is 6.10 Å². The zero-order chi connectivity index (χ0) is 7.56. The van der Waals surface area contributed by atoms with E-state index in [-0.39, 0.29) is 5.38 Å². The van der Waals surface area contributed by atoms with Crippen LogP contribution < -0.4 is 0 Å². The molecule has 1 aliphatic heterocycles. The Balaban J connectivity index is 2.32. The third-order valence-electron chi connectivity index (χ3n) is 2.28. The van der Waals surface area contributed by atoms with Crippen LogP contribution in [0, 0.1) is 5.92 Å². The summed E-state index contributed by atoms with van der Waals surface area (Å²) in [6, 6.07) is 0. The Morgan fingerprint density at radius 1 is 1.50 bits per heavy atom. The van der Waals surface area contributed by atoms with Crippen molar-refractivity contribution in [2.75, 3.05) is 6.61 Å². The Hall–Kier alpha value is 0.250. The first kappa shape index (κ1) is 8.35. The molecule has 0 amide bonds. The lowest BCUT2D eigenvalue weighted by Crippen LogP contribution is -2.23. The van der Waals surface area contributed by atoms with Crippen LogP contribution in [0.1, 0.15) is 26.7 Å². The van der Waals surface area contributed by atoms with Gasteiger partial charge in [0.25, 0.3) is 0 Å². The first-order valence-corrected chi connectivity index (χ1v) is 4.41. The summed E-state index contributed by atoms with van der Waals surface area (Å²) in [7, 11) is 0. The second-order valence-corrected chi connectivity index (χ2v) is 3.78. The molecule has 0 N–H and O–H groups in total. The maximum absolute atomic E-state index is 5.93. The molecule has 0 aromatic rings. The van der Waals surface area contributed by atoms with Gasteiger partial charge in [-0.1, -0.05) is 6.92 Å². The Morgan fingerprint density at radius 3 is 2.60 bits per heavy atom. The third-order valence-corrected chi connectivity index (χ3v) is 2.67. The van der Waals surface area contributed by atoms with E-state index in [1.807, 2.05) is 6.92 Å². The van der Waals surface area contributed by atoms with E-state index in [9.17, 15) is 0 Å². The predicted octanol–water partition coefficient (Wildman–Crippen LogP) is 2.43. The molecule has 2 heteroatoms. The molecule has 0 aromatic heterocycles. The van der Waals surface area contributed by atoms with Gasteiger partial charge in [0.15, 0.2) is 0 Å². The number of alkyl halides is 1. The Kier molecular flexibility index (Phi) is 2.99. The fourth-order valence-corrected chi connectivity index (χ4v) is 1.48. The normalized spacial score (nSPS) is 32.1. The van der Waals surface area contributed by atoms with Gasteiger partial charge < -0.3 is 4.74 Å². The van der Waals surface area contributed by atoms with Gasteiger partial charge >= 0.3 is 0 Å². The van der Waals surface area contributed by atoms with E-state index in [1.54, 1.807) is 0 Å². The molecule has 1 heterocycles. The molecule has 0 aliphatic carbocycles. The predicted molar refractivity (Wildman–Crippen MR) is 43.5 cm³/mol. The standard InChI is InChI=1S/C8H15ClO/c1-6(7(2)9)8-4-3-5-10-8/h6-8H,3-5H2,1-2H3. The molecule has 0 spiro atoms. The lowest BCUT2D eigenvalue weighted by Gasteiger charge is -2.20. The van der Waals surface area contributed by atoms with Crippen LogP contribution in [-0.2, 0) is 4.74 Å². The fourth-order valence-electron chi connectivity index (χ4n) is 1.31. The van der Waals surface area contributed by atoms with Crippen molar-refractivity contribution >= 4 is 11.6 Å². The molecule has 0 bridgehead atoms. The van der Waals surface area contributed by atoms with Crippen LogP contribution in [0.25, 0.3) is 0 Å². The molecule has 1 saturated heterocycles. The van der Waals surface area contributed by atoms with Crippen LogP contribution in [0.2, 0.25) is 0 Å². The lowest BCUT2D eigenvalue weighted by molar-refractivity contribution is 0.0694. The van der Waals surface area contributed by atoms with Crippen molar-refractivity contribution in [3.8, 4) is 0 Å². The first-order chi connectivity index (χ1) is 4.72. The summed E-state index contributed by atoms with van der Waals surface area (Å²) in [5.41, 5.74) is 0. The SMILES string of the molecule is CC(Cl)C(C)C1CCCO1. The molecule has 3 atom stereocenters. The average molecular weight is 163 g/mol. The number of rotatable bonds is 2. The molecule has 1 rings (SSSR count). The van der Waals surface area contributed by atoms with Gasteiger partial charge in [0.1, 0.15) is 0 Å². The number of hydrogen-bond acceptors (Lipinski definition) is 1. The number of ether oxygens (including phenoxy) is 1. The Morgan fingerprint density at radius 2 is 2.20 bits per heavy atom. The van der Waals surface area contributed by atoms with Gasteiger partial charge in [0, 0.05) is 12.0 Å². The molecule has 0 saturated carbocycles.